The quantitative estimate of drug-likeness (QED) is 0.625. The van der Waals surface area contributed by atoms with Crippen molar-refractivity contribution in [2.24, 2.45) is 5.84 Å². The van der Waals surface area contributed by atoms with Crippen molar-refractivity contribution < 1.29 is 4.74 Å². The predicted octanol–water partition coefficient (Wildman–Crippen LogP) is 2.55. The number of nitrogens with zero attached hydrogens (tertiary/aromatic N) is 2. The maximum atomic E-state index is 5.75. The van der Waals surface area contributed by atoms with E-state index in [0.717, 1.165) is 16.6 Å². The van der Waals surface area contributed by atoms with E-state index in [4.69, 9.17) is 10.6 Å². The summed E-state index contributed by atoms with van der Waals surface area (Å²) in [6.07, 6.45) is 2.64. The fourth-order valence-electron chi connectivity index (χ4n) is 2.04. The third-order valence-corrected chi connectivity index (χ3v) is 4.11. The summed E-state index contributed by atoms with van der Waals surface area (Å²) in [6, 6.07) is 0.131. The zero-order valence-corrected chi connectivity index (χ0v) is 13.3. The molecule has 6 heteroatoms. The summed E-state index contributed by atoms with van der Waals surface area (Å²) in [5, 5.41) is 4.38. The van der Waals surface area contributed by atoms with Gasteiger partial charge in [-0.15, -0.1) is 0 Å². The average Bonchev–Trinajstić information content (AvgIpc) is 2.72. The Hall–Kier alpha value is -0.430. The molecule has 2 unspecified atom stereocenters. The Balaban J connectivity index is 3.28. The highest BCUT2D eigenvalue weighted by molar-refractivity contribution is 9.10. The van der Waals surface area contributed by atoms with Crippen LogP contribution in [0.25, 0.3) is 0 Å². The van der Waals surface area contributed by atoms with Gasteiger partial charge in [0.25, 0.3) is 0 Å². The summed E-state index contributed by atoms with van der Waals surface area (Å²) in [7, 11) is 1.71. The number of aromatic nitrogens is 2. The SMILES string of the molecule is CCC(C)(OC)C(NN)c1c(Br)cnn1C(C)C. The fraction of sp³-hybridized carbons (Fsp3) is 0.750. The minimum atomic E-state index is -0.385. The Bertz CT molecular complexity index is 387. The highest BCUT2D eigenvalue weighted by atomic mass is 79.9. The number of nitrogens with one attached hydrogen (secondary N) is 1. The van der Waals surface area contributed by atoms with Crippen LogP contribution in [-0.2, 0) is 4.74 Å². The molecule has 5 nitrogen and oxygen atoms in total. The Morgan fingerprint density at radius 1 is 1.61 bits per heavy atom. The topological polar surface area (TPSA) is 65.1 Å². The Morgan fingerprint density at radius 2 is 2.22 bits per heavy atom. The zero-order valence-electron chi connectivity index (χ0n) is 11.7. The number of hydrazine groups is 1. The van der Waals surface area contributed by atoms with E-state index in [2.05, 4.69) is 47.2 Å². The third kappa shape index (κ3) is 2.77. The van der Waals surface area contributed by atoms with Crippen LogP contribution < -0.4 is 11.3 Å². The molecule has 0 aliphatic heterocycles. The van der Waals surface area contributed by atoms with Crippen LogP contribution in [0.1, 0.15) is 51.9 Å². The molecule has 0 bridgehead atoms. The molecular weight excluding hydrogens is 296 g/mol. The van der Waals surface area contributed by atoms with Crippen molar-refractivity contribution >= 4 is 15.9 Å². The van der Waals surface area contributed by atoms with Crippen LogP contribution in [-0.4, -0.2) is 22.5 Å². The van der Waals surface area contributed by atoms with Crippen molar-refractivity contribution in [1.29, 1.82) is 0 Å². The van der Waals surface area contributed by atoms with E-state index in [9.17, 15) is 0 Å². The smallest absolute Gasteiger partial charge is 0.0926 e. The van der Waals surface area contributed by atoms with Crippen LogP contribution in [0.2, 0.25) is 0 Å². The number of nitrogens with two attached hydrogens (primary N) is 1. The molecule has 18 heavy (non-hydrogen) atoms. The maximum absolute atomic E-state index is 5.75. The first kappa shape index (κ1) is 15.6. The lowest BCUT2D eigenvalue weighted by Crippen LogP contribution is -2.46. The van der Waals surface area contributed by atoms with Gasteiger partial charge < -0.3 is 4.74 Å². The van der Waals surface area contributed by atoms with E-state index < -0.39 is 0 Å². The van der Waals surface area contributed by atoms with Gasteiger partial charge in [0, 0.05) is 13.2 Å². The van der Waals surface area contributed by atoms with Gasteiger partial charge in [0.15, 0.2) is 0 Å². The number of hydrogen-bond acceptors (Lipinski definition) is 4. The number of hydrogen-bond donors (Lipinski definition) is 2. The molecule has 0 aromatic carbocycles. The second-order valence-corrected chi connectivity index (χ2v) is 5.74. The molecule has 0 amide bonds. The van der Waals surface area contributed by atoms with E-state index in [1.807, 2.05) is 11.6 Å². The van der Waals surface area contributed by atoms with Gasteiger partial charge in [0.2, 0.25) is 0 Å². The molecule has 1 rings (SSSR count). The molecule has 0 spiro atoms. The summed E-state index contributed by atoms with van der Waals surface area (Å²) < 4.78 is 8.55. The van der Waals surface area contributed by atoms with E-state index in [-0.39, 0.29) is 17.7 Å². The second kappa shape index (κ2) is 6.14. The van der Waals surface area contributed by atoms with Crippen LogP contribution in [0.15, 0.2) is 10.7 Å². The van der Waals surface area contributed by atoms with E-state index in [1.165, 1.54) is 0 Å². The first-order valence-corrected chi connectivity index (χ1v) is 6.94. The lowest BCUT2D eigenvalue weighted by atomic mass is 9.91. The molecular formula is C12H23BrN4O. The highest BCUT2D eigenvalue weighted by Crippen LogP contribution is 2.35. The lowest BCUT2D eigenvalue weighted by Gasteiger charge is -2.36. The van der Waals surface area contributed by atoms with E-state index in [0.29, 0.717) is 0 Å². The Labute approximate surface area is 117 Å². The van der Waals surface area contributed by atoms with Gasteiger partial charge >= 0.3 is 0 Å². The zero-order chi connectivity index (χ0) is 13.9. The highest BCUT2D eigenvalue weighted by Gasteiger charge is 2.37. The molecule has 0 aliphatic rings. The monoisotopic (exact) mass is 318 g/mol. The normalized spacial score (nSPS) is 16.9. The summed E-state index contributed by atoms with van der Waals surface area (Å²) in [5.74, 6) is 5.75. The van der Waals surface area contributed by atoms with Crippen molar-refractivity contribution in [2.75, 3.05) is 7.11 Å². The molecule has 0 radical (unpaired) electrons. The van der Waals surface area contributed by atoms with Crippen molar-refractivity contribution in [3.05, 3.63) is 16.4 Å². The molecule has 1 aromatic rings. The first-order chi connectivity index (χ1) is 8.41. The largest absolute Gasteiger partial charge is 0.376 e. The first-order valence-electron chi connectivity index (χ1n) is 6.15. The summed E-state index contributed by atoms with van der Waals surface area (Å²) in [6.45, 7) is 8.30. The predicted molar refractivity (Wildman–Crippen MR) is 76.1 cm³/mol. The lowest BCUT2D eigenvalue weighted by molar-refractivity contribution is -0.0327. The summed E-state index contributed by atoms with van der Waals surface area (Å²) in [4.78, 5) is 0. The Morgan fingerprint density at radius 3 is 2.61 bits per heavy atom. The molecule has 0 aliphatic carbocycles. The van der Waals surface area contributed by atoms with Gasteiger partial charge in [0.1, 0.15) is 0 Å². The van der Waals surface area contributed by atoms with Crippen molar-refractivity contribution in [3.63, 3.8) is 0 Å². The molecule has 0 fully saturated rings. The van der Waals surface area contributed by atoms with Crippen LogP contribution in [0.5, 0.6) is 0 Å². The molecule has 104 valence electrons. The van der Waals surface area contributed by atoms with Crippen molar-refractivity contribution in [1.82, 2.24) is 15.2 Å². The van der Waals surface area contributed by atoms with Crippen LogP contribution >= 0.6 is 15.9 Å². The maximum Gasteiger partial charge on any atom is 0.0926 e. The molecule has 1 heterocycles. The van der Waals surface area contributed by atoms with Gasteiger partial charge in [-0.25, -0.2) is 5.43 Å². The number of halogens is 1. The summed E-state index contributed by atoms with van der Waals surface area (Å²) in [5.41, 5.74) is 3.49. The van der Waals surface area contributed by atoms with Gasteiger partial charge in [-0.3, -0.25) is 10.5 Å². The van der Waals surface area contributed by atoms with Crippen molar-refractivity contribution in [2.45, 2.75) is 51.8 Å². The fourth-order valence-corrected chi connectivity index (χ4v) is 2.55. The van der Waals surface area contributed by atoms with E-state index >= 15 is 0 Å². The minimum Gasteiger partial charge on any atom is -0.376 e. The molecule has 0 saturated carbocycles. The van der Waals surface area contributed by atoms with Crippen LogP contribution in [0, 0.1) is 0 Å². The van der Waals surface area contributed by atoms with Gasteiger partial charge in [-0.1, -0.05) is 6.92 Å². The molecule has 1 aromatic heterocycles. The molecule has 0 saturated heterocycles. The van der Waals surface area contributed by atoms with Crippen LogP contribution in [0.4, 0.5) is 0 Å². The molecule has 2 atom stereocenters. The number of methoxy groups -OCH3 is 1. The number of rotatable bonds is 6. The van der Waals surface area contributed by atoms with E-state index in [1.54, 1.807) is 13.3 Å². The number of ether oxygens (including phenoxy) is 1. The standard InChI is InChI=1S/C12H23BrN4O/c1-6-12(4,18-5)11(16-14)10-9(13)7-15-17(10)8(2)3/h7-8,11,16H,6,14H2,1-5H3. The third-order valence-electron chi connectivity index (χ3n) is 3.50. The molecule has 3 N–H and O–H groups in total. The van der Waals surface area contributed by atoms with Gasteiger partial charge in [0.05, 0.1) is 28.0 Å². The van der Waals surface area contributed by atoms with Crippen LogP contribution in [0.3, 0.4) is 0 Å². The second-order valence-electron chi connectivity index (χ2n) is 4.89. The minimum absolute atomic E-state index is 0.133. The average molecular weight is 319 g/mol. The van der Waals surface area contributed by atoms with Crippen molar-refractivity contribution in [3.8, 4) is 0 Å². The van der Waals surface area contributed by atoms with Gasteiger partial charge in [-0.05, 0) is 43.1 Å². The Kier molecular flexibility index (Phi) is 5.33. The van der Waals surface area contributed by atoms with Gasteiger partial charge in [-0.2, -0.15) is 5.10 Å². The summed E-state index contributed by atoms with van der Waals surface area (Å²) >= 11 is 3.54.